The van der Waals surface area contributed by atoms with Crippen molar-refractivity contribution in [2.24, 2.45) is 17.6 Å². The van der Waals surface area contributed by atoms with E-state index < -0.39 is 60.2 Å². The van der Waals surface area contributed by atoms with Crippen LogP contribution in [0.3, 0.4) is 0 Å². The molecule has 0 aliphatic heterocycles. The summed E-state index contributed by atoms with van der Waals surface area (Å²) >= 11 is 0. The Morgan fingerprint density at radius 1 is 0.833 bits per heavy atom. The molecule has 1 aromatic heterocycles. The van der Waals surface area contributed by atoms with Gasteiger partial charge in [-0.3, -0.25) is 24.0 Å². The molecule has 13 nitrogen and oxygen atoms in total. The van der Waals surface area contributed by atoms with Crippen LogP contribution in [0, 0.1) is 11.8 Å². The molecule has 0 saturated heterocycles. The summed E-state index contributed by atoms with van der Waals surface area (Å²) in [4.78, 5) is 78.3. The Hall–Kier alpha value is -4.42. The number of hydrogen-bond acceptors (Lipinski definition) is 6. The second-order valence-electron chi connectivity index (χ2n) is 10.6. The van der Waals surface area contributed by atoms with Crippen molar-refractivity contribution in [1.29, 1.82) is 0 Å². The van der Waals surface area contributed by atoms with Crippen molar-refractivity contribution in [2.45, 2.75) is 84.5 Å². The summed E-state index contributed by atoms with van der Waals surface area (Å²) in [5.41, 5.74) is 6.64. The van der Waals surface area contributed by atoms with Gasteiger partial charge in [-0.05, 0) is 23.5 Å². The highest BCUT2D eigenvalue weighted by molar-refractivity contribution is 5.96. The monoisotopic (exact) mass is 586 g/mol. The lowest BCUT2D eigenvalue weighted by Gasteiger charge is -2.30. The van der Waals surface area contributed by atoms with E-state index in [0.717, 1.165) is 10.9 Å². The average Bonchev–Trinajstić information content (AvgIpc) is 3.35. The fourth-order valence-electron chi connectivity index (χ4n) is 4.53. The summed E-state index contributed by atoms with van der Waals surface area (Å²) < 4.78 is 0. The molecular formula is C29H42N6O7. The molecule has 42 heavy (non-hydrogen) atoms. The molecule has 8 N–H and O–H groups in total. The lowest BCUT2D eigenvalue weighted by Crippen LogP contribution is -2.60. The van der Waals surface area contributed by atoms with Crippen LogP contribution in [0.4, 0.5) is 0 Å². The first-order valence-corrected chi connectivity index (χ1v) is 14.0. The number of aliphatic carboxylic acids is 1. The van der Waals surface area contributed by atoms with Crippen LogP contribution in [-0.2, 0) is 35.2 Å². The van der Waals surface area contributed by atoms with Crippen molar-refractivity contribution in [1.82, 2.24) is 26.3 Å². The Kier molecular flexibility index (Phi) is 12.5. The van der Waals surface area contributed by atoms with Gasteiger partial charge in [0, 0.05) is 30.4 Å². The van der Waals surface area contributed by atoms with Crippen molar-refractivity contribution in [3.8, 4) is 0 Å². The number of benzene rings is 1. The number of hydrogen-bond donors (Lipinski definition) is 7. The van der Waals surface area contributed by atoms with Gasteiger partial charge in [-0.15, -0.1) is 0 Å². The van der Waals surface area contributed by atoms with E-state index in [-0.39, 0.29) is 24.2 Å². The Morgan fingerprint density at radius 3 is 1.93 bits per heavy atom. The fraction of sp³-hybridized carbons (Fsp3) is 0.517. The molecule has 0 aliphatic rings. The third-order valence-electron chi connectivity index (χ3n) is 7.40. The van der Waals surface area contributed by atoms with Crippen LogP contribution >= 0.6 is 0 Å². The normalized spacial score (nSPS) is 15.4. The van der Waals surface area contributed by atoms with E-state index in [9.17, 15) is 33.9 Å². The van der Waals surface area contributed by atoms with Gasteiger partial charge in [0.15, 0.2) is 0 Å². The topological polar surface area (TPSA) is 213 Å². The van der Waals surface area contributed by atoms with E-state index in [1.165, 1.54) is 6.92 Å². The third kappa shape index (κ3) is 9.32. The molecule has 2 rings (SSSR count). The van der Waals surface area contributed by atoms with Crippen LogP contribution < -0.4 is 27.0 Å². The molecular weight excluding hydrogens is 544 g/mol. The first kappa shape index (κ1) is 33.8. The number of amides is 5. The van der Waals surface area contributed by atoms with E-state index in [0.29, 0.717) is 18.4 Å². The lowest BCUT2D eigenvalue weighted by molar-refractivity contribution is -0.143. The van der Waals surface area contributed by atoms with Crippen molar-refractivity contribution in [3.63, 3.8) is 0 Å². The van der Waals surface area contributed by atoms with E-state index >= 15 is 0 Å². The summed E-state index contributed by atoms with van der Waals surface area (Å²) in [5, 5.41) is 20.7. The Labute approximate surface area is 244 Å². The highest BCUT2D eigenvalue weighted by atomic mass is 16.4. The number of primary amides is 1. The summed E-state index contributed by atoms with van der Waals surface area (Å²) in [6.07, 6.45) is 2.13. The minimum absolute atomic E-state index is 0.0208. The highest BCUT2D eigenvalue weighted by Crippen LogP contribution is 2.20. The quantitative estimate of drug-likeness (QED) is 0.150. The molecule has 0 aliphatic carbocycles. The van der Waals surface area contributed by atoms with E-state index in [2.05, 4.69) is 26.3 Å². The fourth-order valence-corrected chi connectivity index (χ4v) is 4.53. The minimum Gasteiger partial charge on any atom is -0.480 e. The first-order valence-electron chi connectivity index (χ1n) is 14.0. The second kappa shape index (κ2) is 15.5. The summed E-state index contributed by atoms with van der Waals surface area (Å²) in [5.74, 6) is -5.38. The maximum Gasteiger partial charge on any atom is 0.326 e. The van der Waals surface area contributed by atoms with Crippen molar-refractivity contribution in [2.75, 3.05) is 0 Å². The zero-order valence-electron chi connectivity index (χ0n) is 24.7. The van der Waals surface area contributed by atoms with Gasteiger partial charge in [0.1, 0.15) is 24.2 Å². The second-order valence-corrected chi connectivity index (χ2v) is 10.6. The number of aromatic nitrogens is 1. The average molecular weight is 587 g/mol. The van der Waals surface area contributed by atoms with E-state index in [1.54, 1.807) is 13.1 Å². The molecule has 2 aromatic rings. The van der Waals surface area contributed by atoms with E-state index in [1.807, 2.05) is 45.0 Å². The van der Waals surface area contributed by atoms with Crippen LogP contribution in [0.5, 0.6) is 0 Å². The van der Waals surface area contributed by atoms with Gasteiger partial charge < -0.3 is 37.1 Å². The molecule has 0 radical (unpaired) electrons. The van der Waals surface area contributed by atoms with Crippen molar-refractivity contribution < 1.29 is 33.9 Å². The predicted molar refractivity (Wildman–Crippen MR) is 156 cm³/mol. The number of carboxylic acid groups (broad SMARTS) is 1. The van der Waals surface area contributed by atoms with Crippen molar-refractivity contribution >= 4 is 46.4 Å². The molecule has 13 heteroatoms. The van der Waals surface area contributed by atoms with Crippen LogP contribution in [-0.4, -0.2) is 69.8 Å². The van der Waals surface area contributed by atoms with Gasteiger partial charge in [0.05, 0.1) is 6.42 Å². The van der Waals surface area contributed by atoms with Crippen LogP contribution in [0.1, 0.15) is 59.4 Å². The summed E-state index contributed by atoms with van der Waals surface area (Å²) in [6.45, 7) is 8.60. The van der Waals surface area contributed by atoms with Crippen LogP contribution in [0.15, 0.2) is 30.5 Å². The maximum absolute atomic E-state index is 13.7. The SMILES string of the molecule is CCC(C)[C@H](NC(C)=O)C(=O)N[C@H](C(=O)N[C@@H](Cc1c[nH]c2ccccc12)C(=O)N[C@@H](CC(N)=O)C(=O)O)C(C)CC. The molecule has 2 unspecified atom stereocenters. The van der Waals surface area contributed by atoms with Crippen LogP contribution in [0.2, 0.25) is 0 Å². The summed E-state index contributed by atoms with van der Waals surface area (Å²) in [6, 6.07) is 2.53. The molecule has 0 spiro atoms. The Balaban J connectivity index is 2.39. The number of aromatic amines is 1. The molecule has 5 amide bonds. The van der Waals surface area contributed by atoms with Gasteiger partial charge >= 0.3 is 5.97 Å². The number of carbonyl (C=O) groups is 6. The number of para-hydroxylation sites is 1. The van der Waals surface area contributed by atoms with Gasteiger partial charge in [-0.1, -0.05) is 58.7 Å². The highest BCUT2D eigenvalue weighted by Gasteiger charge is 2.35. The van der Waals surface area contributed by atoms with E-state index in [4.69, 9.17) is 5.73 Å². The van der Waals surface area contributed by atoms with Gasteiger partial charge in [0.2, 0.25) is 29.5 Å². The number of nitrogens with one attached hydrogen (secondary N) is 5. The molecule has 230 valence electrons. The predicted octanol–water partition coefficient (Wildman–Crippen LogP) is 0.722. The smallest absolute Gasteiger partial charge is 0.326 e. The van der Waals surface area contributed by atoms with Crippen LogP contribution in [0.25, 0.3) is 10.9 Å². The number of carbonyl (C=O) groups excluding carboxylic acids is 5. The zero-order chi connectivity index (χ0) is 31.6. The third-order valence-corrected chi connectivity index (χ3v) is 7.40. The largest absolute Gasteiger partial charge is 0.480 e. The maximum atomic E-state index is 13.7. The number of nitrogens with two attached hydrogens (primary N) is 1. The molecule has 1 heterocycles. The Morgan fingerprint density at radius 2 is 1.38 bits per heavy atom. The first-order chi connectivity index (χ1) is 19.8. The number of H-pyrrole nitrogens is 1. The Bertz CT molecular complexity index is 1290. The standard InChI is InChI=1S/C29H42N6O7/c1-6-15(3)24(32-17(5)36)28(40)35-25(16(4)7-2)27(39)33-21(26(38)34-22(29(41)42)13-23(30)37)12-18-14-31-20-11-9-8-10-19(18)20/h8-11,14-16,21-22,24-25,31H,6-7,12-13H2,1-5H3,(H2,30,37)(H,32,36)(H,33,39)(H,34,38)(H,35,40)(H,41,42)/t15?,16?,21-,22-,24-,25-/m0/s1. The molecule has 0 fully saturated rings. The number of carboxylic acids is 1. The minimum atomic E-state index is -1.60. The number of rotatable bonds is 16. The van der Waals surface area contributed by atoms with Crippen molar-refractivity contribution in [3.05, 3.63) is 36.0 Å². The molecule has 0 bridgehead atoms. The zero-order valence-corrected chi connectivity index (χ0v) is 24.7. The number of fused-ring (bicyclic) bond motifs is 1. The van der Waals surface area contributed by atoms with Gasteiger partial charge in [-0.25, -0.2) is 4.79 Å². The van der Waals surface area contributed by atoms with Gasteiger partial charge in [-0.2, -0.15) is 0 Å². The van der Waals surface area contributed by atoms with Gasteiger partial charge in [0.25, 0.3) is 0 Å². The summed E-state index contributed by atoms with van der Waals surface area (Å²) in [7, 11) is 0. The lowest BCUT2D eigenvalue weighted by atomic mass is 9.94. The molecule has 6 atom stereocenters. The molecule has 1 aromatic carbocycles. The molecule has 0 saturated carbocycles.